The molecule has 7 heteroatoms. The highest BCUT2D eigenvalue weighted by Gasteiger charge is 2.52. The van der Waals surface area contributed by atoms with E-state index in [0.717, 1.165) is 28.7 Å². The average Bonchev–Trinajstić information content (AvgIpc) is 3.50. The van der Waals surface area contributed by atoms with Gasteiger partial charge in [-0.3, -0.25) is 9.59 Å². The van der Waals surface area contributed by atoms with Crippen LogP contribution >= 0.6 is 0 Å². The summed E-state index contributed by atoms with van der Waals surface area (Å²) in [4.78, 5) is 39.5. The van der Waals surface area contributed by atoms with Crippen molar-refractivity contribution in [2.24, 2.45) is 11.8 Å². The van der Waals surface area contributed by atoms with Crippen LogP contribution < -0.4 is 5.32 Å². The first-order valence-corrected chi connectivity index (χ1v) is 12.0. The number of carbonyl (C=O) groups excluding carboxylic acids is 2. The summed E-state index contributed by atoms with van der Waals surface area (Å²) in [5.41, 5.74) is 4.56. The lowest BCUT2D eigenvalue weighted by atomic mass is 9.89. The third-order valence-corrected chi connectivity index (χ3v) is 7.66. The summed E-state index contributed by atoms with van der Waals surface area (Å²) in [6.45, 7) is 3.92. The SMILES string of the molecule is CC(C)[C@H](NC(=O)OCC1c2ccccc2-c2ccccc21)C(=O)N1[C@@H]2CC[C@H]1[C@@H](C(=O)O)C2. The van der Waals surface area contributed by atoms with Gasteiger partial charge < -0.3 is 20.1 Å². The maximum Gasteiger partial charge on any atom is 0.407 e. The second-order valence-corrected chi connectivity index (χ2v) is 9.92. The summed E-state index contributed by atoms with van der Waals surface area (Å²) in [5, 5.41) is 12.3. The molecule has 4 atom stereocenters. The first-order chi connectivity index (χ1) is 16.4. The molecule has 0 spiro atoms. The zero-order chi connectivity index (χ0) is 24.0. The minimum absolute atomic E-state index is 0.0582. The molecule has 2 aromatic carbocycles. The van der Waals surface area contributed by atoms with Gasteiger partial charge in [-0.15, -0.1) is 0 Å². The Morgan fingerprint density at radius 3 is 2.21 bits per heavy atom. The lowest BCUT2D eigenvalue weighted by molar-refractivity contribution is -0.143. The van der Waals surface area contributed by atoms with Gasteiger partial charge in [-0.1, -0.05) is 62.4 Å². The molecular weight excluding hydrogens is 432 g/mol. The normalized spacial score (nSPS) is 23.5. The third-order valence-electron chi connectivity index (χ3n) is 7.66. The van der Waals surface area contributed by atoms with E-state index in [0.29, 0.717) is 12.8 Å². The highest BCUT2D eigenvalue weighted by Crippen LogP contribution is 2.45. The summed E-state index contributed by atoms with van der Waals surface area (Å²) < 4.78 is 5.65. The molecule has 0 saturated carbocycles. The van der Waals surface area contributed by atoms with Gasteiger partial charge >= 0.3 is 12.1 Å². The van der Waals surface area contributed by atoms with Crippen LogP contribution in [0.4, 0.5) is 4.79 Å². The van der Waals surface area contributed by atoms with E-state index >= 15 is 0 Å². The fourth-order valence-electron chi connectivity index (χ4n) is 6.04. The number of carbonyl (C=O) groups is 3. The number of nitrogens with one attached hydrogen (secondary N) is 1. The minimum Gasteiger partial charge on any atom is -0.481 e. The summed E-state index contributed by atoms with van der Waals surface area (Å²) in [6, 6.07) is 15.1. The Balaban J connectivity index is 1.27. The molecule has 2 aliphatic heterocycles. The summed E-state index contributed by atoms with van der Waals surface area (Å²) >= 11 is 0. The van der Waals surface area contributed by atoms with Gasteiger partial charge in [-0.05, 0) is 47.4 Å². The Hall–Kier alpha value is -3.35. The Bertz CT molecular complexity index is 1080. The summed E-state index contributed by atoms with van der Waals surface area (Å²) in [6.07, 6.45) is 1.37. The molecule has 5 rings (SSSR count). The van der Waals surface area contributed by atoms with E-state index in [1.54, 1.807) is 4.90 Å². The third kappa shape index (κ3) is 3.73. The maximum atomic E-state index is 13.4. The van der Waals surface area contributed by atoms with E-state index in [9.17, 15) is 19.5 Å². The Morgan fingerprint density at radius 2 is 1.65 bits per heavy atom. The molecule has 34 heavy (non-hydrogen) atoms. The highest BCUT2D eigenvalue weighted by atomic mass is 16.5. The zero-order valence-corrected chi connectivity index (χ0v) is 19.4. The fourth-order valence-corrected chi connectivity index (χ4v) is 6.04. The fraction of sp³-hybridized carbons (Fsp3) is 0.444. The van der Waals surface area contributed by atoms with E-state index < -0.39 is 24.0 Å². The van der Waals surface area contributed by atoms with Crippen LogP contribution in [0.3, 0.4) is 0 Å². The average molecular weight is 463 g/mol. The van der Waals surface area contributed by atoms with Crippen molar-refractivity contribution in [1.82, 2.24) is 10.2 Å². The predicted molar refractivity (Wildman–Crippen MR) is 126 cm³/mol. The van der Waals surface area contributed by atoms with Crippen molar-refractivity contribution in [3.63, 3.8) is 0 Å². The van der Waals surface area contributed by atoms with Crippen LogP contribution in [-0.4, -0.2) is 52.7 Å². The van der Waals surface area contributed by atoms with E-state index in [1.165, 1.54) is 0 Å². The molecule has 2 fully saturated rings. The van der Waals surface area contributed by atoms with Crippen molar-refractivity contribution in [2.45, 2.75) is 57.2 Å². The molecule has 2 amide bonds. The molecule has 0 aromatic heterocycles. The molecule has 1 aliphatic carbocycles. The molecule has 2 bridgehead atoms. The lowest BCUT2D eigenvalue weighted by Crippen LogP contribution is -2.53. The first-order valence-electron chi connectivity index (χ1n) is 12.0. The standard InChI is InChI=1S/C27H30N2O5/c1-15(2)24(25(30)29-16-11-12-23(29)21(13-16)26(31)32)28-27(33)34-14-22-19-9-5-3-7-17(19)18-8-4-6-10-20(18)22/h3-10,15-16,21-24H,11-14H2,1-2H3,(H,28,33)(H,31,32)/t16-,21+,23+,24+/m1/s1. The number of hydrogen-bond acceptors (Lipinski definition) is 4. The quantitative estimate of drug-likeness (QED) is 0.676. The number of fused-ring (bicyclic) bond motifs is 5. The second-order valence-electron chi connectivity index (χ2n) is 9.92. The van der Waals surface area contributed by atoms with E-state index in [-0.39, 0.29) is 36.4 Å². The van der Waals surface area contributed by atoms with Crippen LogP contribution in [0.25, 0.3) is 11.1 Å². The van der Waals surface area contributed by atoms with Gasteiger partial charge in [0, 0.05) is 18.0 Å². The Morgan fingerprint density at radius 1 is 1.03 bits per heavy atom. The van der Waals surface area contributed by atoms with Gasteiger partial charge in [0.05, 0.1) is 5.92 Å². The Kier molecular flexibility index (Phi) is 5.80. The van der Waals surface area contributed by atoms with Crippen molar-refractivity contribution in [3.8, 4) is 11.1 Å². The topological polar surface area (TPSA) is 95.9 Å². The summed E-state index contributed by atoms with van der Waals surface area (Å²) in [5.74, 6) is -1.80. The minimum atomic E-state index is -0.851. The maximum absolute atomic E-state index is 13.4. The van der Waals surface area contributed by atoms with Crippen LogP contribution in [0.1, 0.15) is 50.2 Å². The number of benzene rings is 2. The summed E-state index contributed by atoms with van der Waals surface area (Å²) in [7, 11) is 0. The zero-order valence-electron chi connectivity index (χ0n) is 19.4. The van der Waals surface area contributed by atoms with Gasteiger partial charge in [-0.2, -0.15) is 0 Å². The van der Waals surface area contributed by atoms with Crippen LogP contribution in [0.15, 0.2) is 48.5 Å². The van der Waals surface area contributed by atoms with Gasteiger partial charge in [0.15, 0.2) is 0 Å². The molecule has 2 N–H and O–H groups in total. The number of ether oxygens (including phenoxy) is 1. The molecule has 3 aliphatic rings. The molecule has 2 saturated heterocycles. The molecular formula is C27H30N2O5. The molecule has 2 aromatic rings. The van der Waals surface area contributed by atoms with Crippen LogP contribution in [0, 0.1) is 11.8 Å². The number of hydrogen-bond donors (Lipinski definition) is 2. The smallest absolute Gasteiger partial charge is 0.407 e. The highest BCUT2D eigenvalue weighted by molar-refractivity contribution is 5.88. The van der Waals surface area contributed by atoms with Crippen LogP contribution in [0.2, 0.25) is 0 Å². The van der Waals surface area contributed by atoms with Crippen molar-refractivity contribution in [3.05, 3.63) is 59.7 Å². The van der Waals surface area contributed by atoms with Crippen molar-refractivity contribution >= 4 is 18.0 Å². The van der Waals surface area contributed by atoms with Crippen molar-refractivity contribution in [1.29, 1.82) is 0 Å². The largest absolute Gasteiger partial charge is 0.481 e. The van der Waals surface area contributed by atoms with E-state index in [4.69, 9.17) is 4.74 Å². The Labute approximate surface area is 199 Å². The number of alkyl carbamates (subject to hydrolysis) is 1. The number of carboxylic acid groups (broad SMARTS) is 1. The first kappa shape index (κ1) is 22.4. The second kappa shape index (κ2) is 8.78. The molecule has 0 unspecified atom stereocenters. The molecule has 2 heterocycles. The molecule has 178 valence electrons. The van der Waals surface area contributed by atoms with Crippen molar-refractivity contribution in [2.75, 3.05) is 6.61 Å². The van der Waals surface area contributed by atoms with Gasteiger partial charge in [-0.25, -0.2) is 4.79 Å². The number of rotatable bonds is 6. The molecule has 7 nitrogen and oxygen atoms in total. The van der Waals surface area contributed by atoms with Crippen LogP contribution in [0.5, 0.6) is 0 Å². The number of amides is 2. The van der Waals surface area contributed by atoms with Gasteiger partial charge in [0.2, 0.25) is 5.91 Å². The van der Waals surface area contributed by atoms with Gasteiger partial charge in [0.1, 0.15) is 12.6 Å². The number of nitrogens with zero attached hydrogens (tertiary/aromatic N) is 1. The van der Waals surface area contributed by atoms with E-state index in [2.05, 4.69) is 29.6 Å². The van der Waals surface area contributed by atoms with E-state index in [1.807, 2.05) is 38.1 Å². The van der Waals surface area contributed by atoms with Gasteiger partial charge in [0.25, 0.3) is 0 Å². The molecule has 0 radical (unpaired) electrons. The predicted octanol–water partition coefficient (Wildman–Crippen LogP) is 4.01. The van der Waals surface area contributed by atoms with Crippen molar-refractivity contribution < 1.29 is 24.2 Å². The number of carboxylic acids is 1. The lowest BCUT2D eigenvalue weighted by Gasteiger charge is -2.30. The monoisotopic (exact) mass is 462 g/mol. The van der Waals surface area contributed by atoms with Crippen LogP contribution in [-0.2, 0) is 14.3 Å². The number of aliphatic carboxylic acids is 1.